The molecule has 0 N–H and O–H groups in total. The molecule has 0 fully saturated rings. The number of furan rings is 2. The Morgan fingerprint density at radius 3 is 1.74 bits per heavy atom. The third-order valence-corrected chi connectivity index (χ3v) is 10.3. The summed E-state index contributed by atoms with van der Waals surface area (Å²) in [5.74, 6) is 1.78. The van der Waals surface area contributed by atoms with E-state index in [-0.39, 0.29) is 0 Å². The number of para-hydroxylation sites is 2. The van der Waals surface area contributed by atoms with Gasteiger partial charge in [-0.05, 0) is 63.9 Å². The first-order valence-corrected chi connectivity index (χ1v) is 18.0. The minimum Gasteiger partial charge on any atom is -0.456 e. The van der Waals surface area contributed by atoms with Gasteiger partial charge in [0.15, 0.2) is 17.5 Å². The molecule has 0 spiro atoms. The molecule has 0 unspecified atom stereocenters. The second-order valence-corrected chi connectivity index (χ2v) is 13.6. The van der Waals surface area contributed by atoms with Gasteiger partial charge in [0.05, 0.1) is 0 Å². The Hall–Kier alpha value is -7.37. The standard InChI is InChI=1S/C49H29N3O2/c1-2-10-32(11-3-1)47-50-48(33-20-18-31(19-21-33)38-14-8-15-41-39-13-6-7-16-43(39)54-46(38)41)52-49(51-47)37-23-25-40-42-28-36(24-26-44(42)53-45(40)29-37)35-22-17-30-9-4-5-12-34(30)27-35/h1-29H. The molecule has 5 nitrogen and oxygen atoms in total. The van der Waals surface area contributed by atoms with Crippen LogP contribution in [0.5, 0.6) is 0 Å². The summed E-state index contributed by atoms with van der Waals surface area (Å²) < 4.78 is 12.8. The predicted octanol–water partition coefficient (Wildman–Crippen LogP) is 13.2. The van der Waals surface area contributed by atoms with Crippen LogP contribution in [0.1, 0.15) is 0 Å². The minimum absolute atomic E-state index is 0.578. The van der Waals surface area contributed by atoms with E-state index in [9.17, 15) is 0 Å². The highest BCUT2D eigenvalue weighted by molar-refractivity contribution is 6.10. The molecule has 11 rings (SSSR count). The summed E-state index contributed by atoms with van der Waals surface area (Å²) >= 11 is 0. The van der Waals surface area contributed by atoms with Crippen LogP contribution in [-0.2, 0) is 0 Å². The number of benzene rings is 8. The number of nitrogens with zero attached hydrogens (tertiary/aromatic N) is 3. The molecule has 54 heavy (non-hydrogen) atoms. The maximum absolute atomic E-state index is 6.43. The van der Waals surface area contributed by atoms with Crippen LogP contribution in [-0.4, -0.2) is 15.0 Å². The average molecular weight is 692 g/mol. The molecule has 0 saturated carbocycles. The molecule has 0 saturated heterocycles. The van der Waals surface area contributed by atoms with Gasteiger partial charge in [-0.25, -0.2) is 15.0 Å². The molecule has 3 aromatic heterocycles. The average Bonchev–Trinajstić information content (AvgIpc) is 3.81. The lowest BCUT2D eigenvalue weighted by Crippen LogP contribution is -2.00. The van der Waals surface area contributed by atoms with Crippen LogP contribution in [0.15, 0.2) is 185 Å². The lowest BCUT2D eigenvalue weighted by atomic mass is 9.99. The molecule has 0 amide bonds. The van der Waals surface area contributed by atoms with Gasteiger partial charge in [-0.15, -0.1) is 0 Å². The predicted molar refractivity (Wildman–Crippen MR) is 219 cm³/mol. The SMILES string of the molecule is c1ccc(-c2nc(-c3ccc(-c4cccc5c4oc4ccccc45)cc3)nc(-c3ccc4c(c3)oc3ccc(-c5ccc6ccccc6c5)cc34)n2)cc1. The van der Waals surface area contributed by atoms with E-state index < -0.39 is 0 Å². The Balaban J connectivity index is 0.988. The van der Waals surface area contributed by atoms with Crippen molar-refractivity contribution in [1.82, 2.24) is 15.0 Å². The molecule has 3 heterocycles. The largest absolute Gasteiger partial charge is 0.456 e. The quantitative estimate of drug-likeness (QED) is 0.180. The molecule has 0 radical (unpaired) electrons. The topological polar surface area (TPSA) is 65.0 Å². The van der Waals surface area contributed by atoms with Gasteiger partial charge in [-0.2, -0.15) is 0 Å². The number of aromatic nitrogens is 3. The molecule has 11 aromatic rings. The highest BCUT2D eigenvalue weighted by Gasteiger charge is 2.17. The zero-order valence-electron chi connectivity index (χ0n) is 28.9. The van der Waals surface area contributed by atoms with Crippen molar-refractivity contribution in [2.24, 2.45) is 0 Å². The van der Waals surface area contributed by atoms with Gasteiger partial charge in [0.1, 0.15) is 22.3 Å². The molecule has 0 atom stereocenters. The smallest absolute Gasteiger partial charge is 0.164 e. The Morgan fingerprint density at radius 1 is 0.296 bits per heavy atom. The monoisotopic (exact) mass is 691 g/mol. The van der Waals surface area contributed by atoms with Gasteiger partial charge in [0.2, 0.25) is 0 Å². The van der Waals surface area contributed by atoms with Crippen molar-refractivity contribution in [3.63, 3.8) is 0 Å². The van der Waals surface area contributed by atoms with Gasteiger partial charge in [-0.3, -0.25) is 0 Å². The van der Waals surface area contributed by atoms with Crippen LogP contribution in [0.2, 0.25) is 0 Å². The third kappa shape index (κ3) is 5.06. The van der Waals surface area contributed by atoms with E-state index in [4.69, 9.17) is 23.8 Å². The molecule has 8 aromatic carbocycles. The molecular weight excluding hydrogens is 663 g/mol. The number of rotatable bonds is 5. The molecule has 0 aliphatic heterocycles. The second kappa shape index (κ2) is 12.1. The Morgan fingerprint density at radius 2 is 0.889 bits per heavy atom. The fourth-order valence-corrected chi connectivity index (χ4v) is 7.59. The number of hydrogen-bond acceptors (Lipinski definition) is 5. The zero-order chi connectivity index (χ0) is 35.6. The van der Waals surface area contributed by atoms with E-state index in [0.29, 0.717) is 17.5 Å². The van der Waals surface area contributed by atoms with E-state index in [1.165, 1.54) is 16.3 Å². The Labute approximate surface area is 309 Å². The molecule has 0 aliphatic carbocycles. The summed E-state index contributed by atoms with van der Waals surface area (Å²) in [4.78, 5) is 15.0. The van der Waals surface area contributed by atoms with Crippen molar-refractivity contribution in [2.45, 2.75) is 0 Å². The summed E-state index contributed by atoms with van der Waals surface area (Å²) in [6.45, 7) is 0. The molecule has 5 heteroatoms. The first-order chi connectivity index (χ1) is 26.7. The highest BCUT2D eigenvalue weighted by Crippen LogP contribution is 2.38. The van der Waals surface area contributed by atoms with Crippen LogP contribution < -0.4 is 0 Å². The molecule has 0 bridgehead atoms. The summed E-state index contributed by atoms with van der Waals surface area (Å²) in [5, 5.41) is 6.79. The summed E-state index contributed by atoms with van der Waals surface area (Å²) in [7, 11) is 0. The molecular formula is C49H29N3O2. The number of fused-ring (bicyclic) bond motifs is 7. The summed E-state index contributed by atoms with van der Waals surface area (Å²) in [6.07, 6.45) is 0. The van der Waals surface area contributed by atoms with Crippen molar-refractivity contribution >= 4 is 54.6 Å². The van der Waals surface area contributed by atoms with Crippen LogP contribution in [0, 0.1) is 0 Å². The van der Waals surface area contributed by atoms with Gasteiger partial charge >= 0.3 is 0 Å². The van der Waals surface area contributed by atoms with E-state index in [1.54, 1.807) is 0 Å². The fraction of sp³-hybridized carbons (Fsp3) is 0. The van der Waals surface area contributed by atoms with Gasteiger partial charge in [0, 0.05) is 43.8 Å². The zero-order valence-corrected chi connectivity index (χ0v) is 28.9. The van der Waals surface area contributed by atoms with Crippen molar-refractivity contribution in [1.29, 1.82) is 0 Å². The van der Waals surface area contributed by atoms with Crippen LogP contribution in [0.3, 0.4) is 0 Å². The van der Waals surface area contributed by atoms with Crippen molar-refractivity contribution in [3.8, 4) is 56.4 Å². The summed E-state index contributed by atoms with van der Waals surface area (Å²) in [5.41, 5.74) is 10.5. The minimum atomic E-state index is 0.578. The van der Waals surface area contributed by atoms with Crippen LogP contribution >= 0.6 is 0 Å². The van der Waals surface area contributed by atoms with Gasteiger partial charge < -0.3 is 8.83 Å². The maximum atomic E-state index is 6.43. The second-order valence-electron chi connectivity index (χ2n) is 13.6. The Bertz CT molecular complexity index is 3210. The van der Waals surface area contributed by atoms with Gasteiger partial charge in [-0.1, -0.05) is 140 Å². The van der Waals surface area contributed by atoms with Crippen molar-refractivity contribution in [3.05, 3.63) is 176 Å². The van der Waals surface area contributed by atoms with Crippen LogP contribution in [0.25, 0.3) is 111 Å². The lowest BCUT2D eigenvalue weighted by molar-refractivity contribution is 0.669. The van der Waals surface area contributed by atoms with E-state index in [0.717, 1.165) is 77.3 Å². The van der Waals surface area contributed by atoms with Crippen LogP contribution in [0.4, 0.5) is 0 Å². The fourth-order valence-electron chi connectivity index (χ4n) is 7.59. The van der Waals surface area contributed by atoms with E-state index in [2.05, 4.69) is 121 Å². The molecule has 0 aliphatic rings. The maximum Gasteiger partial charge on any atom is 0.164 e. The van der Waals surface area contributed by atoms with E-state index >= 15 is 0 Å². The first kappa shape index (κ1) is 30.3. The normalized spacial score (nSPS) is 11.7. The number of hydrogen-bond donors (Lipinski definition) is 0. The Kier molecular flexibility index (Phi) is 6.79. The van der Waals surface area contributed by atoms with Crippen molar-refractivity contribution < 1.29 is 8.83 Å². The summed E-state index contributed by atoms with van der Waals surface area (Å²) in [6, 6.07) is 60.5. The van der Waals surface area contributed by atoms with Crippen molar-refractivity contribution in [2.75, 3.05) is 0 Å². The van der Waals surface area contributed by atoms with Gasteiger partial charge in [0.25, 0.3) is 0 Å². The van der Waals surface area contributed by atoms with E-state index in [1.807, 2.05) is 54.6 Å². The molecule has 252 valence electrons. The first-order valence-electron chi connectivity index (χ1n) is 18.0. The lowest BCUT2D eigenvalue weighted by Gasteiger charge is -2.09. The highest BCUT2D eigenvalue weighted by atomic mass is 16.3. The third-order valence-electron chi connectivity index (χ3n) is 10.3.